The zero-order valence-electron chi connectivity index (χ0n) is 17.9. The molecule has 0 radical (unpaired) electrons. The molecule has 2 atom stereocenters. The number of likely N-dealkylation sites (N-methyl/N-ethyl adjacent to an activating group) is 1. The third kappa shape index (κ3) is 3.10. The van der Waals surface area contributed by atoms with Gasteiger partial charge in [-0.05, 0) is 29.3 Å². The van der Waals surface area contributed by atoms with Crippen LogP contribution in [0.4, 0.5) is 11.4 Å². The van der Waals surface area contributed by atoms with Crippen LogP contribution in [0.15, 0.2) is 78.2 Å². The van der Waals surface area contributed by atoms with Gasteiger partial charge in [0.15, 0.2) is 0 Å². The molecule has 4 nitrogen and oxygen atoms in total. The number of para-hydroxylation sites is 2. The van der Waals surface area contributed by atoms with Crippen molar-refractivity contribution in [3.63, 3.8) is 0 Å². The van der Waals surface area contributed by atoms with Gasteiger partial charge in [0.05, 0.1) is 34.0 Å². The number of aliphatic hydroxyl groups is 2. The highest BCUT2D eigenvalue weighted by molar-refractivity contribution is 9.10. The number of hydrogen-bond acceptors (Lipinski definition) is 4. The Bertz CT molecular complexity index is 1110. The Kier molecular flexibility index (Phi) is 4.88. The fraction of sp³-hybridized carbons (Fsp3) is 0.308. The number of benzene rings is 2. The van der Waals surface area contributed by atoms with Gasteiger partial charge in [0.1, 0.15) is 0 Å². The topological polar surface area (TPSA) is 46.9 Å². The van der Waals surface area contributed by atoms with E-state index >= 15 is 0 Å². The highest BCUT2D eigenvalue weighted by atomic mass is 79.9. The Hall–Kier alpha value is -2.34. The fourth-order valence-corrected chi connectivity index (χ4v) is 5.71. The predicted molar refractivity (Wildman–Crippen MR) is 130 cm³/mol. The molecule has 2 aromatic rings. The summed E-state index contributed by atoms with van der Waals surface area (Å²) in [6, 6.07) is 16.5. The van der Waals surface area contributed by atoms with Gasteiger partial charge < -0.3 is 15.1 Å². The first-order valence-electron chi connectivity index (χ1n) is 10.7. The highest BCUT2D eigenvalue weighted by Gasteiger charge is 2.49. The Morgan fingerprint density at radius 1 is 0.871 bits per heavy atom. The predicted octanol–water partition coefficient (Wildman–Crippen LogP) is 4.99. The molecule has 5 rings (SSSR count). The molecular formula is C26H27BrN2O2. The summed E-state index contributed by atoms with van der Waals surface area (Å²) in [7, 11) is 2.06. The third-order valence-corrected chi connectivity index (χ3v) is 7.83. The molecule has 0 amide bonds. The van der Waals surface area contributed by atoms with Crippen LogP contribution in [0.25, 0.3) is 6.08 Å². The van der Waals surface area contributed by atoms with E-state index in [9.17, 15) is 10.2 Å². The SMILES string of the molecule is CN1C(=CC2C(O)C(C=C3C=Cc4ccccc4N3Br)C2O)C(C)(C)c2ccccc21. The molecule has 5 heteroatoms. The van der Waals surface area contributed by atoms with Gasteiger partial charge in [0, 0.05) is 41.4 Å². The second-order valence-corrected chi connectivity index (χ2v) is 9.86. The minimum absolute atomic E-state index is 0.170. The van der Waals surface area contributed by atoms with E-state index in [1.807, 2.05) is 40.3 Å². The second kappa shape index (κ2) is 7.37. The molecule has 2 heterocycles. The lowest BCUT2D eigenvalue weighted by molar-refractivity contribution is -0.110. The van der Waals surface area contributed by atoms with E-state index in [2.05, 4.69) is 78.4 Å². The molecule has 2 aromatic carbocycles. The van der Waals surface area contributed by atoms with Crippen molar-refractivity contribution in [3.05, 3.63) is 89.3 Å². The van der Waals surface area contributed by atoms with Crippen LogP contribution in [0.1, 0.15) is 25.0 Å². The number of anilines is 2. The van der Waals surface area contributed by atoms with Gasteiger partial charge in [-0.15, -0.1) is 0 Å². The minimum Gasteiger partial charge on any atom is -0.392 e. The smallest absolute Gasteiger partial charge is 0.0717 e. The van der Waals surface area contributed by atoms with E-state index < -0.39 is 12.2 Å². The van der Waals surface area contributed by atoms with E-state index in [1.54, 1.807) is 0 Å². The summed E-state index contributed by atoms with van der Waals surface area (Å²) in [6.07, 6.45) is 6.84. The normalized spacial score (nSPS) is 31.0. The number of halogens is 1. The molecule has 2 N–H and O–H groups in total. The maximum Gasteiger partial charge on any atom is 0.0717 e. The van der Waals surface area contributed by atoms with Crippen molar-refractivity contribution < 1.29 is 10.2 Å². The van der Waals surface area contributed by atoms with E-state index in [-0.39, 0.29) is 17.3 Å². The van der Waals surface area contributed by atoms with Gasteiger partial charge in [0.25, 0.3) is 0 Å². The minimum atomic E-state index is -0.630. The van der Waals surface area contributed by atoms with E-state index in [0.29, 0.717) is 0 Å². The van der Waals surface area contributed by atoms with Crippen LogP contribution >= 0.6 is 16.1 Å². The molecule has 1 fully saturated rings. The van der Waals surface area contributed by atoms with Gasteiger partial charge in [0.2, 0.25) is 0 Å². The maximum atomic E-state index is 11.0. The standard InChI is InChI=1S/C26H27BrN2O2/c1-26(2)20-9-5-7-11-22(20)28(3)23(26)15-19-24(30)18(25(19)31)14-17-13-12-16-8-4-6-10-21(16)29(17)27/h4-15,18-19,24-25,30-31H,1-3H3. The number of aliphatic hydroxyl groups excluding tert-OH is 2. The first-order chi connectivity index (χ1) is 14.8. The summed E-state index contributed by atoms with van der Waals surface area (Å²) in [6.45, 7) is 4.40. The molecule has 0 aromatic heterocycles. The Morgan fingerprint density at radius 2 is 1.48 bits per heavy atom. The molecule has 2 aliphatic heterocycles. The summed E-state index contributed by atoms with van der Waals surface area (Å²) < 4.78 is 1.93. The lowest BCUT2D eigenvalue weighted by atomic mass is 9.67. The van der Waals surface area contributed by atoms with Crippen molar-refractivity contribution in [2.45, 2.75) is 31.5 Å². The lowest BCUT2D eigenvalue weighted by Crippen LogP contribution is -2.54. The first kappa shape index (κ1) is 20.6. The van der Waals surface area contributed by atoms with Crippen molar-refractivity contribution in [3.8, 4) is 0 Å². The number of nitrogens with zero attached hydrogens (tertiary/aromatic N) is 2. The average molecular weight is 479 g/mol. The molecule has 1 saturated carbocycles. The largest absolute Gasteiger partial charge is 0.392 e. The zero-order valence-corrected chi connectivity index (χ0v) is 19.5. The van der Waals surface area contributed by atoms with E-state index in [1.165, 1.54) is 11.3 Å². The summed E-state index contributed by atoms with van der Waals surface area (Å²) in [4.78, 5) is 2.18. The van der Waals surface area contributed by atoms with Crippen LogP contribution in [0.2, 0.25) is 0 Å². The Balaban J connectivity index is 1.39. The Morgan fingerprint density at radius 3 is 2.19 bits per heavy atom. The monoisotopic (exact) mass is 478 g/mol. The highest BCUT2D eigenvalue weighted by Crippen LogP contribution is 2.49. The van der Waals surface area contributed by atoms with Gasteiger partial charge in [-0.2, -0.15) is 0 Å². The second-order valence-electron chi connectivity index (χ2n) is 9.15. The van der Waals surface area contributed by atoms with Crippen LogP contribution in [-0.2, 0) is 5.41 Å². The third-order valence-electron chi connectivity index (χ3n) is 7.04. The quantitative estimate of drug-likeness (QED) is 0.596. The van der Waals surface area contributed by atoms with Crippen LogP contribution in [0.5, 0.6) is 0 Å². The van der Waals surface area contributed by atoms with E-state index in [4.69, 9.17) is 0 Å². The van der Waals surface area contributed by atoms with Crippen molar-refractivity contribution in [1.29, 1.82) is 0 Å². The fourth-order valence-electron chi connectivity index (χ4n) is 5.16. The summed E-state index contributed by atoms with van der Waals surface area (Å²) >= 11 is 3.63. The molecule has 0 bridgehead atoms. The first-order valence-corrected chi connectivity index (χ1v) is 11.4. The number of hydrogen-bond donors (Lipinski definition) is 2. The number of fused-ring (bicyclic) bond motifs is 2. The van der Waals surface area contributed by atoms with Gasteiger partial charge in [-0.1, -0.05) is 68.5 Å². The van der Waals surface area contributed by atoms with Crippen LogP contribution < -0.4 is 8.83 Å². The number of allylic oxidation sites excluding steroid dienone is 2. The zero-order chi connectivity index (χ0) is 21.9. The molecule has 3 aliphatic rings. The number of rotatable bonds is 2. The molecule has 160 valence electrons. The maximum absolute atomic E-state index is 11.0. The van der Waals surface area contributed by atoms with Gasteiger partial charge in [-0.25, -0.2) is 0 Å². The molecule has 2 unspecified atom stereocenters. The van der Waals surface area contributed by atoms with Crippen molar-refractivity contribution in [2.24, 2.45) is 11.8 Å². The summed E-state index contributed by atoms with van der Waals surface area (Å²) in [5.41, 5.74) is 6.49. The molecule has 0 spiro atoms. The van der Waals surface area contributed by atoms with Gasteiger partial charge >= 0.3 is 0 Å². The lowest BCUT2D eigenvalue weighted by Gasteiger charge is -2.45. The molecule has 1 aliphatic carbocycles. The molecule has 31 heavy (non-hydrogen) atoms. The van der Waals surface area contributed by atoms with E-state index in [0.717, 1.165) is 22.6 Å². The molecule has 0 saturated heterocycles. The van der Waals surface area contributed by atoms with Crippen LogP contribution in [-0.4, -0.2) is 29.5 Å². The summed E-state index contributed by atoms with van der Waals surface area (Å²) in [5, 5.41) is 21.9. The van der Waals surface area contributed by atoms with Gasteiger partial charge in [-0.3, -0.25) is 3.93 Å². The average Bonchev–Trinajstić information content (AvgIpc) is 2.97. The van der Waals surface area contributed by atoms with Crippen molar-refractivity contribution in [2.75, 3.05) is 15.9 Å². The van der Waals surface area contributed by atoms with Crippen LogP contribution in [0, 0.1) is 11.8 Å². The summed E-state index contributed by atoms with van der Waals surface area (Å²) in [5.74, 6) is -0.611. The molecular weight excluding hydrogens is 452 g/mol. The van der Waals surface area contributed by atoms with Crippen molar-refractivity contribution >= 4 is 33.6 Å². The van der Waals surface area contributed by atoms with Crippen molar-refractivity contribution in [1.82, 2.24) is 0 Å². The van der Waals surface area contributed by atoms with Crippen LogP contribution in [0.3, 0.4) is 0 Å². The Labute approximate surface area is 192 Å².